The van der Waals surface area contributed by atoms with Gasteiger partial charge in [0.15, 0.2) is 11.5 Å². The summed E-state index contributed by atoms with van der Waals surface area (Å²) in [5, 5.41) is 3.68. The first-order valence-electron chi connectivity index (χ1n) is 9.71. The van der Waals surface area contributed by atoms with Gasteiger partial charge in [-0.25, -0.2) is 0 Å². The smallest absolute Gasteiger partial charge is 0.251 e. The summed E-state index contributed by atoms with van der Waals surface area (Å²) >= 11 is 5.90. The van der Waals surface area contributed by atoms with Gasteiger partial charge in [-0.1, -0.05) is 30.2 Å². The molecule has 5 nitrogen and oxygen atoms in total. The molecule has 1 N–H and O–H groups in total. The zero-order valence-corrected chi connectivity index (χ0v) is 17.0. The van der Waals surface area contributed by atoms with E-state index in [0.717, 1.165) is 25.2 Å². The Kier molecular flexibility index (Phi) is 7.57. The summed E-state index contributed by atoms with van der Waals surface area (Å²) in [5.41, 5.74) is 1.57. The zero-order valence-electron chi connectivity index (χ0n) is 16.2. The third kappa shape index (κ3) is 5.88. The van der Waals surface area contributed by atoms with E-state index in [1.807, 2.05) is 24.3 Å². The Morgan fingerprint density at radius 1 is 1.07 bits per heavy atom. The number of halogens is 1. The molecule has 1 fully saturated rings. The molecule has 6 heteroatoms. The van der Waals surface area contributed by atoms with E-state index >= 15 is 0 Å². The van der Waals surface area contributed by atoms with Crippen LogP contribution in [0.2, 0.25) is 5.02 Å². The van der Waals surface area contributed by atoms with Gasteiger partial charge in [0.25, 0.3) is 5.91 Å². The quantitative estimate of drug-likeness (QED) is 0.720. The number of amides is 1. The van der Waals surface area contributed by atoms with Crippen molar-refractivity contribution in [1.82, 2.24) is 10.2 Å². The van der Waals surface area contributed by atoms with Crippen LogP contribution < -0.4 is 14.8 Å². The molecule has 0 spiro atoms. The maximum atomic E-state index is 12.4. The second-order valence-corrected chi connectivity index (χ2v) is 7.38. The third-order valence-corrected chi connectivity index (χ3v) is 5.15. The van der Waals surface area contributed by atoms with Gasteiger partial charge in [-0.3, -0.25) is 4.79 Å². The van der Waals surface area contributed by atoms with Crippen LogP contribution in [-0.4, -0.2) is 44.1 Å². The highest BCUT2D eigenvalue weighted by atomic mass is 35.5. The van der Waals surface area contributed by atoms with E-state index in [4.69, 9.17) is 21.1 Å². The molecule has 1 aliphatic heterocycles. The monoisotopic (exact) mass is 402 g/mol. The number of benzene rings is 2. The highest BCUT2D eigenvalue weighted by Crippen LogP contribution is 2.29. The van der Waals surface area contributed by atoms with Crippen LogP contribution in [-0.2, 0) is 6.61 Å². The number of likely N-dealkylation sites (tertiary alicyclic amines) is 1. The number of carbonyl (C=O) groups is 1. The Balaban J connectivity index is 1.53. The molecule has 0 atom stereocenters. The molecule has 0 aromatic heterocycles. The van der Waals surface area contributed by atoms with E-state index in [1.165, 1.54) is 19.3 Å². The first kappa shape index (κ1) is 20.5. The largest absolute Gasteiger partial charge is 0.493 e. The van der Waals surface area contributed by atoms with Gasteiger partial charge in [0.1, 0.15) is 6.61 Å². The van der Waals surface area contributed by atoms with Crippen molar-refractivity contribution in [1.29, 1.82) is 0 Å². The van der Waals surface area contributed by atoms with E-state index in [1.54, 1.807) is 25.3 Å². The maximum Gasteiger partial charge on any atom is 0.251 e. The van der Waals surface area contributed by atoms with E-state index in [2.05, 4.69) is 10.2 Å². The molecule has 0 bridgehead atoms. The van der Waals surface area contributed by atoms with Crippen LogP contribution in [0.1, 0.15) is 35.2 Å². The molecule has 2 aromatic carbocycles. The Morgan fingerprint density at radius 2 is 1.82 bits per heavy atom. The molecule has 1 heterocycles. The minimum Gasteiger partial charge on any atom is -0.493 e. The van der Waals surface area contributed by atoms with Crippen LogP contribution in [0.4, 0.5) is 0 Å². The first-order chi connectivity index (χ1) is 13.7. The molecule has 0 radical (unpaired) electrons. The normalized spacial score (nSPS) is 14.5. The van der Waals surface area contributed by atoms with Crippen molar-refractivity contribution in [3.05, 3.63) is 58.6 Å². The highest BCUT2D eigenvalue weighted by molar-refractivity contribution is 6.30. The molecule has 0 aliphatic carbocycles. The average molecular weight is 403 g/mol. The Labute approximate surface area is 171 Å². The zero-order chi connectivity index (χ0) is 19.8. The third-order valence-electron chi connectivity index (χ3n) is 4.90. The van der Waals surface area contributed by atoms with Crippen molar-refractivity contribution in [3.8, 4) is 11.5 Å². The molecule has 0 saturated carbocycles. The fraction of sp³-hybridized carbons (Fsp3) is 0.409. The standard InChI is InChI=1S/C22H27ClN2O3/c1-27-21-15-18(22(26)24-11-14-25-12-3-2-4-13-25)7-10-20(21)28-16-17-5-8-19(23)9-6-17/h5-10,15H,2-4,11-14,16H2,1H3,(H,24,26). The summed E-state index contributed by atoms with van der Waals surface area (Å²) in [4.78, 5) is 14.8. The fourth-order valence-electron chi connectivity index (χ4n) is 3.28. The van der Waals surface area contributed by atoms with E-state index in [-0.39, 0.29) is 5.91 Å². The van der Waals surface area contributed by atoms with Crippen LogP contribution in [0.3, 0.4) is 0 Å². The number of hydrogen-bond donors (Lipinski definition) is 1. The number of rotatable bonds is 8. The van der Waals surface area contributed by atoms with Crippen LogP contribution >= 0.6 is 11.6 Å². The summed E-state index contributed by atoms with van der Waals surface area (Å²) in [5.74, 6) is 1.04. The minimum absolute atomic E-state index is 0.0976. The first-order valence-corrected chi connectivity index (χ1v) is 10.1. The highest BCUT2D eigenvalue weighted by Gasteiger charge is 2.13. The van der Waals surface area contributed by atoms with Gasteiger partial charge in [-0.05, 0) is 61.8 Å². The summed E-state index contributed by atoms with van der Waals surface area (Å²) < 4.78 is 11.3. The summed E-state index contributed by atoms with van der Waals surface area (Å²) in [7, 11) is 1.57. The van der Waals surface area contributed by atoms with Gasteiger partial charge in [-0.2, -0.15) is 0 Å². The molecule has 1 amide bonds. The average Bonchev–Trinajstić information content (AvgIpc) is 2.74. The lowest BCUT2D eigenvalue weighted by atomic mass is 10.1. The van der Waals surface area contributed by atoms with Crippen molar-refractivity contribution in [3.63, 3.8) is 0 Å². The van der Waals surface area contributed by atoms with Crippen LogP contribution in [0, 0.1) is 0 Å². The Morgan fingerprint density at radius 3 is 2.54 bits per heavy atom. The van der Waals surface area contributed by atoms with Crippen LogP contribution in [0.25, 0.3) is 0 Å². The van der Waals surface area contributed by atoms with Crippen molar-refractivity contribution in [2.24, 2.45) is 0 Å². The van der Waals surface area contributed by atoms with Crippen molar-refractivity contribution < 1.29 is 14.3 Å². The number of nitrogens with one attached hydrogen (secondary N) is 1. The van der Waals surface area contributed by atoms with Crippen LogP contribution in [0.5, 0.6) is 11.5 Å². The number of hydrogen-bond acceptors (Lipinski definition) is 4. The predicted octanol–water partition coefficient (Wildman–Crippen LogP) is 4.14. The van der Waals surface area contributed by atoms with Gasteiger partial charge >= 0.3 is 0 Å². The Hall–Kier alpha value is -2.24. The van der Waals surface area contributed by atoms with Gasteiger partial charge in [-0.15, -0.1) is 0 Å². The summed E-state index contributed by atoms with van der Waals surface area (Å²) in [6.07, 6.45) is 3.82. The van der Waals surface area contributed by atoms with Crippen molar-refractivity contribution >= 4 is 17.5 Å². The second kappa shape index (κ2) is 10.3. The maximum absolute atomic E-state index is 12.4. The predicted molar refractivity (Wildman–Crippen MR) is 111 cm³/mol. The fourth-order valence-corrected chi connectivity index (χ4v) is 3.41. The SMILES string of the molecule is COc1cc(C(=O)NCCN2CCCCC2)ccc1OCc1ccc(Cl)cc1. The second-order valence-electron chi connectivity index (χ2n) is 6.94. The van der Waals surface area contributed by atoms with Crippen molar-refractivity contribution in [2.45, 2.75) is 25.9 Å². The molecular formula is C22H27ClN2O3. The summed E-state index contributed by atoms with van der Waals surface area (Å²) in [6, 6.07) is 12.7. The summed E-state index contributed by atoms with van der Waals surface area (Å²) in [6.45, 7) is 4.20. The van der Waals surface area contributed by atoms with Crippen LogP contribution in [0.15, 0.2) is 42.5 Å². The Bertz CT molecular complexity index is 774. The van der Waals surface area contributed by atoms with Gasteiger partial charge in [0, 0.05) is 23.7 Å². The van der Waals surface area contributed by atoms with Gasteiger partial charge < -0.3 is 19.7 Å². The molecule has 1 saturated heterocycles. The molecule has 0 unspecified atom stereocenters. The number of nitrogens with zero attached hydrogens (tertiary/aromatic N) is 1. The molecule has 2 aromatic rings. The number of ether oxygens (including phenoxy) is 2. The molecular weight excluding hydrogens is 376 g/mol. The van der Waals surface area contributed by atoms with E-state index in [0.29, 0.717) is 35.2 Å². The number of methoxy groups -OCH3 is 1. The molecule has 28 heavy (non-hydrogen) atoms. The van der Waals surface area contributed by atoms with E-state index in [9.17, 15) is 4.79 Å². The molecule has 150 valence electrons. The number of piperidine rings is 1. The molecule has 1 aliphatic rings. The molecule has 3 rings (SSSR count). The topological polar surface area (TPSA) is 50.8 Å². The van der Waals surface area contributed by atoms with Gasteiger partial charge in [0.2, 0.25) is 0 Å². The lowest BCUT2D eigenvalue weighted by Crippen LogP contribution is -2.37. The number of carbonyl (C=O) groups excluding carboxylic acids is 1. The lowest BCUT2D eigenvalue weighted by molar-refractivity contribution is 0.0946. The lowest BCUT2D eigenvalue weighted by Gasteiger charge is -2.26. The minimum atomic E-state index is -0.0976. The van der Waals surface area contributed by atoms with Crippen molar-refractivity contribution in [2.75, 3.05) is 33.3 Å². The van der Waals surface area contributed by atoms with Gasteiger partial charge in [0.05, 0.1) is 7.11 Å². The van der Waals surface area contributed by atoms with E-state index < -0.39 is 0 Å².